The molecule has 0 unspecified atom stereocenters. The predicted molar refractivity (Wildman–Crippen MR) is 95.9 cm³/mol. The number of aryl methyl sites for hydroxylation is 1. The van der Waals surface area contributed by atoms with Crippen molar-refractivity contribution < 1.29 is 13.2 Å². The SMILES string of the molecule is Cc1ccc(C(=O)N[C@H]2CN(CCS(C)(=O)=O)C[C@@H]2C(C)C)n1C. The standard InChI is InChI=1S/C17H29N3O3S/c1-12(2)14-10-20(8-9-24(5,22)23)11-15(14)18-17(21)16-7-6-13(3)19(16)4/h6-7,12,14-15H,8-11H2,1-5H3,(H,18,21)/t14-,15+/m1/s1. The molecule has 24 heavy (non-hydrogen) atoms. The summed E-state index contributed by atoms with van der Waals surface area (Å²) in [7, 11) is -1.08. The molecule has 1 amide bonds. The summed E-state index contributed by atoms with van der Waals surface area (Å²) >= 11 is 0. The van der Waals surface area contributed by atoms with Crippen molar-refractivity contribution in [3.63, 3.8) is 0 Å². The van der Waals surface area contributed by atoms with Gasteiger partial charge in [0.25, 0.3) is 5.91 Å². The molecule has 1 saturated heterocycles. The summed E-state index contributed by atoms with van der Waals surface area (Å²) < 4.78 is 24.7. The lowest BCUT2D eigenvalue weighted by Gasteiger charge is -2.23. The van der Waals surface area contributed by atoms with Crippen LogP contribution >= 0.6 is 0 Å². The number of carbonyl (C=O) groups is 1. The fourth-order valence-corrected chi connectivity index (χ4v) is 3.89. The molecule has 136 valence electrons. The van der Waals surface area contributed by atoms with Gasteiger partial charge in [-0.15, -0.1) is 0 Å². The number of aromatic nitrogens is 1. The maximum absolute atomic E-state index is 12.6. The Morgan fingerprint density at radius 3 is 2.50 bits per heavy atom. The normalized spacial score (nSPS) is 22.2. The van der Waals surface area contributed by atoms with E-state index in [0.29, 0.717) is 30.6 Å². The third-order valence-corrected chi connectivity index (χ3v) is 5.92. The van der Waals surface area contributed by atoms with Crippen LogP contribution in [0.15, 0.2) is 12.1 Å². The molecule has 1 N–H and O–H groups in total. The average molecular weight is 356 g/mol. The molecule has 2 rings (SSSR count). The summed E-state index contributed by atoms with van der Waals surface area (Å²) in [5.74, 6) is 0.852. The number of amides is 1. The van der Waals surface area contributed by atoms with Crippen molar-refractivity contribution in [2.24, 2.45) is 18.9 Å². The first-order chi connectivity index (χ1) is 11.1. The largest absolute Gasteiger partial charge is 0.346 e. The van der Waals surface area contributed by atoms with Crippen LogP contribution in [0.1, 0.15) is 30.0 Å². The summed E-state index contributed by atoms with van der Waals surface area (Å²) in [6.45, 7) is 8.32. The molecule has 0 aromatic carbocycles. The number of sulfone groups is 1. The van der Waals surface area contributed by atoms with Crippen molar-refractivity contribution in [1.82, 2.24) is 14.8 Å². The molecule has 0 radical (unpaired) electrons. The number of carbonyl (C=O) groups excluding carboxylic acids is 1. The number of hydrogen-bond donors (Lipinski definition) is 1. The third-order valence-electron chi connectivity index (χ3n) is 5.00. The molecule has 1 aromatic rings. The van der Waals surface area contributed by atoms with Gasteiger partial charge in [0, 0.05) is 44.7 Å². The van der Waals surface area contributed by atoms with E-state index in [0.717, 1.165) is 12.2 Å². The molecule has 1 aliphatic rings. The van der Waals surface area contributed by atoms with Crippen molar-refractivity contribution in [3.05, 3.63) is 23.5 Å². The summed E-state index contributed by atoms with van der Waals surface area (Å²) in [5.41, 5.74) is 1.70. The minimum atomic E-state index is -2.97. The summed E-state index contributed by atoms with van der Waals surface area (Å²) in [4.78, 5) is 14.7. The molecule has 0 bridgehead atoms. The van der Waals surface area contributed by atoms with Crippen LogP contribution in [-0.2, 0) is 16.9 Å². The van der Waals surface area contributed by atoms with Crippen LogP contribution in [0.4, 0.5) is 0 Å². The highest BCUT2D eigenvalue weighted by molar-refractivity contribution is 7.90. The Morgan fingerprint density at radius 2 is 2.00 bits per heavy atom. The van der Waals surface area contributed by atoms with Crippen molar-refractivity contribution in [2.45, 2.75) is 26.8 Å². The Kier molecular flexibility index (Phi) is 5.75. The van der Waals surface area contributed by atoms with Crippen LogP contribution in [0, 0.1) is 18.8 Å². The lowest BCUT2D eigenvalue weighted by Crippen LogP contribution is -2.42. The lowest BCUT2D eigenvalue weighted by atomic mass is 9.91. The van der Waals surface area contributed by atoms with Gasteiger partial charge in [-0.2, -0.15) is 0 Å². The van der Waals surface area contributed by atoms with Crippen molar-refractivity contribution in [3.8, 4) is 0 Å². The van der Waals surface area contributed by atoms with E-state index in [4.69, 9.17) is 0 Å². The van der Waals surface area contributed by atoms with Gasteiger partial charge in [0.1, 0.15) is 15.5 Å². The zero-order chi connectivity index (χ0) is 18.1. The number of hydrogen-bond acceptors (Lipinski definition) is 4. The Balaban J connectivity index is 2.04. The van der Waals surface area contributed by atoms with Gasteiger partial charge in [-0.05, 0) is 30.9 Å². The van der Waals surface area contributed by atoms with E-state index in [1.54, 1.807) is 0 Å². The fourth-order valence-electron chi connectivity index (χ4n) is 3.30. The van der Waals surface area contributed by atoms with Crippen LogP contribution in [0.5, 0.6) is 0 Å². The second kappa shape index (κ2) is 7.27. The zero-order valence-electron chi connectivity index (χ0n) is 15.2. The Hall–Kier alpha value is -1.34. The Labute approximate surface area is 145 Å². The minimum Gasteiger partial charge on any atom is -0.346 e. The number of nitrogens with one attached hydrogen (secondary N) is 1. The second-order valence-electron chi connectivity index (χ2n) is 7.30. The molecular weight excluding hydrogens is 326 g/mol. The molecule has 7 heteroatoms. The van der Waals surface area contributed by atoms with E-state index in [1.807, 2.05) is 30.7 Å². The molecule has 1 fully saturated rings. The quantitative estimate of drug-likeness (QED) is 0.828. The first-order valence-corrected chi connectivity index (χ1v) is 10.5. The van der Waals surface area contributed by atoms with Crippen molar-refractivity contribution >= 4 is 15.7 Å². The zero-order valence-corrected chi connectivity index (χ0v) is 16.1. The first-order valence-electron chi connectivity index (χ1n) is 8.41. The molecule has 1 aliphatic heterocycles. The lowest BCUT2D eigenvalue weighted by molar-refractivity contribution is 0.0917. The number of nitrogens with zero attached hydrogens (tertiary/aromatic N) is 2. The molecule has 6 nitrogen and oxygen atoms in total. The molecular formula is C17H29N3O3S. The average Bonchev–Trinajstić information content (AvgIpc) is 3.01. The Bertz CT molecular complexity index is 694. The molecule has 2 heterocycles. The summed E-state index contributed by atoms with van der Waals surface area (Å²) in [6.07, 6.45) is 1.26. The highest BCUT2D eigenvalue weighted by Gasteiger charge is 2.36. The van der Waals surface area contributed by atoms with Crippen LogP contribution in [0.2, 0.25) is 0 Å². The number of likely N-dealkylation sites (tertiary alicyclic amines) is 1. The van der Waals surface area contributed by atoms with Gasteiger partial charge in [-0.1, -0.05) is 13.8 Å². The molecule has 0 spiro atoms. The summed E-state index contributed by atoms with van der Waals surface area (Å²) in [5, 5.41) is 3.16. The molecule has 1 aromatic heterocycles. The van der Waals surface area contributed by atoms with Gasteiger partial charge in [0.2, 0.25) is 0 Å². The summed E-state index contributed by atoms with van der Waals surface area (Å²) in [6, 6.07) is 3.82. The highest BCUT2D eigenvalue weighted by Crippen LogP contribution is 2.24. The van der Waals surface area contributed by atoms with Crippen molar-refractivity contribution in [2.75, 3.05) is 31.6 Å². The van der Waals surface area contributed by atoms with E-state index >= 15 is 0 Å². The first kappa shape index (κ1) is 19.0. The van der Waals surface area contributed by atoms with Crippen LogP contribution in [-0.4, -0.2) is 61.5 Å². The van der Waals surface area contributed by atoms with Crippen molar-refractivity contribution in [1.29, 1.82) is 0 Å². The molecule has 2 atom stereocenters. The van der Waals surface area contributed by atoms with Gasteiger partial charge < -0.3 is 9.88 Å². The molecule has 0 saturated carbocycles. The predicted octanol–water partition coefficient (Wildman–Crippen LogP) is 1.06. The van der Waals surface area contributed by atoms with E-state index in [-0.39, 0.29) is 17.7 Å². The van der Waals surface area contributed by atoms with Gasteiger partial charge in [-0.3, -0.25) is 9.69 Å². The number of rotatable bonds is 6. The van der Waals surface area contributed by atoms with Gasteiger partial charge in [0.05, 0.1) is 5.75 Å². The molecule has 0 aliphatic carbocycles. The van der Waals surface area contributed by atoms with E-state index < -0.39 is 9.84 Å². The fraction of sp³-hybridized carbons (Fsp3) is 0.706. The van der Waals surface area contributed by atoms with Gasteiger partial charge in [0.15, 0.2) is 0 Å². The van der Waals surface area contributed by atoms with Gasteiger partial charge >= 0.3 is 0 Å². The van der Waals surface area contributed by atoms with Gasteiger partial charge in [-0.25, -0.2) is 8.42 Å². The minimum absolute atomic E-state index is 0.0484. The van der Waals surface area contributed by atoms with E-state index in [1.165, 1.54) is 6.26 Å². The van der Waals surface area contributed by atoms with E-state index in [9.17, 15) is 13.2 Å². The third kappa shape index (κ3) is 4.60. The second-order valence-corrected chi connectivity index (χ2v) is 9.56. The topological polar surface area (TPSA) is 71.4 Å². The van der Waals surface area contributed by atoms with Crippen LogP contribution < -0.4 is 5.32 Å². The Morgan fingerprint density at radius 1 is 1.33 bits per heavy atom. The maximum atomic E-state index is 12.6. The van der Waals surface area contributed by atoms with E-state index in [2.05, 4.69) is 24.1 Å². The monoisotopic (exact) mass is 355 g/mol. The van der Waals surface area contributed by atoms with Crippen LogP contribution in [0.25, 0.3) is 0 Å². The maximum Gasteiger partial charge on any atom is 0.268 e. The smallest absolute Gasteiger partial charge is 0.268 e. The van der Waals surface area contributed by atoms with Crippen LogP contribution in [0.3, 0.4) is 0 Å². The highest BCUT2D eigenvalue weighted by atomic mass is 32.2.